The molecule has 0 unspecified atom stereocenters. The van der Waals surface area contributed by atoms with E-state index in [1.807, 2.05) is 12.3 Å². The monoisotopic (exact) mass is 274 g/mol. The average molecular weight is 274 g/mol. The largest absolute Gasteiger partial charge is 0.396 e. The van der Waals surface area contributed by atoms with E-state index < -0.39 is 0 Å². The van der Waals surface area contributed by atoms with Crippen LogP contribution >= 0.6 is 0 Å². The van der Waals surface area contributed by atoms with Gasteiger partial charge in [-0.25, -0.2) is 4.98 Å². The Bertz CT molecular complexity index is 560. The molecule has 5 heteroatoms. The number of fused-ring (bicyclic) bond motifs is 1. The molecule has 0 atom stereocenters. The van der Waals surface area contributed by atoms with Crippen LogP contribution in [0.15, 0.2) is 12.3 Å². The van der Waals surface area contributed by atoms with Gasteiger partial charge in [-0.2, -0.15) is 5.10 Å². The fraction of sp³-hybridized carbons (Fsp3) is 0.600. The Hall–Kier alpha value is -1.62. The van der Waals surface area contributed by atoms with E-state index in [-0.39, 0.29) is 6.61 Å². The quantitative estimate of drug-likeness (QED) is 0.783. The number of aryl methyl sites for hydroxylation is 1. The van der Waals surface area contributed by atoms with Crippen molar-refractivity contribution in [2.45, 2.75) is 51.0 Å². The minimum absolute atomic E-state index is 0.194. The lowest BCUT2D eigenvalue weighted by Crippen LogP contribution is -2.23. The highest BCUT2D eigenvalue weighted by Gasteiger charge is 2.17. The molecule has 2 aromatic heterocycles. The summed E-state index contributed by atoms with van der Waals surface area (Å²) in [4.78, 5) is 4.51. The summed E-state index contributed by atoms with van der Waals surface area (Å²) in [6, 6.07) is 2.49. The van der Waals surface area contributed by atoms with Crippen molar-refractivity contribution in [3.05, 3.63) is 18.0 Å². The van der Waals surface area contributed by atoms with Gasteiger partial charge in [-0.3, -0.25) is 5.10 Å². The third-order valence-electron chi connectivity index (χ3n) is 4.07. The topological polar surface area (TPSA) is 73.8 Å². The van der Waals surface area contributed by atoms with E-state index >= 15 is 0 Å². The molecule has 0 aromatic carbocycles. The Kier molecular flexibility index (Phi) is 4.16. The lowest BCUT2D eigenvalue weighted by atomic mass is 9.95. The van der Waals surface area contributed by atoms with Crippen LogP contribution in [0.2, 0.25) is 0 Å². The third kappa shape index (κ3) is 2.77. The zero-order chi connectivity index (χ0) is 13.8. The summed E-state index contributed by atoms with van der Waals surface area (Å²) in [6.07, 6.45) is 9.74. The van der Waals surface area contributed by atoms with Gasteiger partial charge < -0.3 is 10.4 Å². The normalized spacial score (nSPS) is 16.6. The molecule has 1 aliphatic carbocycles. The van der Waals surface area contributed by atoms with Crippen LogP contribution < -0.4 is 5.32 Å². The summed E-state index contributed by atoms with van der Waals surface area (Å²) in [5.74, 6) is 0.941. The molecular weight excluding hydrogens is 252 g/mol. The SMILES string of the molecule is OCCCc1n[nH]c2ccnc(NC3CCCCC3)c12. The highest BCUT2D eigenvalue weighted by Crippen LogP contribution is 2.27. The van der Waals surface area contributed by atoms with Gasteiger partial charge in [-0.05, 0) is 31.7 Å². The molecule has 2 aromatic rings. The number of H-pyrrole nitrogens is 1. The number of nitrogens with zero attached hydrogens (tertiary/aromatic N) is 2. The summed E-state index contributed by atoms with van der Waals surface area (Å²) in [5, 5.41) is 21.1. The molecule has 3 N–H and O–H groups in total. The molecule has 0 amide bonds. The maximum absolute atomic E-state index is 9.00. The van der Waals surface area contributed by atoms with Crippen molar-refractivity contribution in [1.29, 1.82) is 0 Å². The zero-order valence-corrected chi connectivity index (χ0v) is 11.7. The number of anilines is 1. The predicted octanol–water partition coefficient (Wildman–Crippen LogP) is 2.63. The molecule has 1 fully saturated rings. The second-order valence-electron chi connectivity index (χ2n) is 5.56. The van der Waals surface area contributed by atoms with Crippen molar-refractivity contribution >= 4 is 16.7 Å². The number of pyridine rings is 1. The molecule has 0 radical (unpaired) electrons. The van der Waals surface area contributed by atoms with Gasteiger partial charge in [-0.15, -0.1) is 0 Å². The van der Waals surface area contributed by atoms with Gasteiger partial charge in [0.25, 0.3) is 0 Å². The highest BCUT2D eigenvalue weighted by molar-refractivity contribution is 5.91. The second kappa shape index (κ2) is 6.22. The number of nitrogens with one attached hydrogen (secondary N) is 2. The number of aromatic amines is 1. The van der Waals surface area contributed by atoms with Crippen LogP contribution in [0.5, 0.6) is 0 Å². The van der Waals surface area contributed by atoms with Crippen LogP contribution in [-0.4, -0.2) is 32.9 Å². The highest BCUT2D eigenvalue weighted by atomic mass is 16.2. The molecule has 0 bridgehead atoms. The molecule has 0 aliphatic heterocycles. The number of aliphatic hydroxyl groups excluding tert-OH is 1. The van der Waals surface area contributed by atoms with E-state index in [0.717, 1.165) is 35.3 Å². The van der Waals surface area contributed by atoms with Gasteiger partial charge in [0.15, 0.2) is 0 Å². The summed E-state index contributed by atoms with van der Waals surface area (Å²) >= 11 is 0. The first-order valence-corrected chi connectivity index (χ1v) is 7.58. The minimum atomic E-state index is 0.194. The molecule has 5 nitrogen and oxygen atoms in total. The predicted molar refractivity (Wildman–Crippen MR) is 79.8 cm³/mol. The van der Waals surface area contributed by atoms with Crippen LogP contribution in [0, 0.1) is 0 Å². The van der Waals surface area contributed by atoms with Crippen LogP contribution in [-0.2, 0) is 6.42 Å². The lowest BCUT2D eigenvalue weighted by Gasteiger charge is -2.23. The molecular formula is C15H22N4O. The van der Waals surface area contributed by atoms with Crippen LogP contribution in [0.4, 0.5) is 5.82 Å². The second-order valence-corrected chi connectivity index (χ2v) is 5.56. The fourth-order valence-corrected chi connectivity index (χ4v) is 3.01. The fourth-order valence-electron chi connectivity index (χ4n) is 3.01. The van der Waals surface area contributed by atoms with Crippen LogP contribution in [0.1, 0.15) is 44.2 Å². The van der Waals surface area contributed by atoms with E-state index in [4.69, 9.17) is 5.11 Å². The Balaban J connectivity index is 1.86. The van der Waals surface area contributed by atoms with E-state index in [0.29, 0.717) is 6.04 Å². The van der Waals surface area contributed by atoms with Crippen LogP contribution in [0.3, 0.4) is 0 Å². The Morgan fingerprint density at radius 2 is 2.15 bits per heavy atom. The number of hydrogen-bond acceptors (Lipinski definition) is 4. The molecule has 1 saturated carbocycles. The summed E-state index contributed by atoms with van der Waals surface area (Å²) in [5.41, 5.74) is 2.02. The Labute approximate surface area is 118 Å². The van der Waals surface area contributed by atoms with Gasteiger partial charge in [-0.1, -0.05) is 19.3 Å². The molecule has 1 aliphatic rings. The summed E-state index contributed by atoms with van der Waals surface area (Å²) in [7, 11) is 0. The lowest BCUT2D eigenvalue weighted by molar-refractivity contribution is 0.288. The van der Waals surface area contributed by atoms with Gasteiger partial charge in [0.2, 0.25) is 0 Å². The average Bonchev–Trinajstić information content (AvgIpc) is 2.90. The maximum atomic E-state index is 9.00. The molecule has 0 spiro atoms. The van der Waals surface area contributed by atoms with Crippen molar-refractivity contribution in [2.75, 3.05) is 11.9 Å². The van der Waals surface area contributed by atoms with Gasteiger partial charge >= 0.3 is 0 Å². The first kappa shape index (κ1) is 13.4. The summed E-state index contributed by atoms with van der Waals surface area (Å²) < 4.78 is 0. The number of aromatic nitrogens is 3. The Morgan fingerprint density at radius 1 is 1.30 bits per heavy atom. The molecule has 3 rings (SSSR count). The van der Waals surface area contributed by atoms with Gasteiger partial charge in [0.05, 0.1) is 16.6 Å². The molecule has 20 heavy (non-hydrogen) atoms. The van der Waals surface area contributed by atoms with Gasteiger partial charge in [0.1, 0.15) is 5.82 Å². The third-order valence-corrected chi connectivity index (χ3v) is 4.07. The van der Waals surface area contributed by atoms with E-state index in [9.17, 15) is 0 Å². The smallest absolute Gasteiger partial charge is 0.137 e. The molecule has 108 valence electrons. The van der Waals surface area contributed by atoms with E-state index in [1.165, 1.54) is 32.1 Å². The van der Waals surface area contributed by atoms with E-state index in [1.54, 1.807) is 0 Å². The number of aliphatic hydroxyl groups is 1. The molecule has 2 heterocycles. The van der Waals surface area contributed by atoms with Gasteiger partial charge in [0, 0.05) is 18.8 Å². The summed E-state index contributed by atoms with van der Waals surface area (Å²) in [6.45, 7) is 0.194. The van der Waals surface area contributed by atoms with Crippen molar-refractivity contribution < 1.29 is 5.11 Å². The Morgan fingerprint density at radius 3 is 2.95 bits per heavy atom. The first-order chi connectivity index (χ1) is 9.88. The van der Waals surface area contributed by atoms with Crippen LogP contribution in [0.25, 0.3) is 10.9 Å². The standard InChI is InChI=1S/C15H22N4O/c20-10-4-7-12-14-13(19-18-12)8-9-16-15(14)17-11-5-2-1-3-6-11/h8-9,11,20H,1-7,10H2,(H,16,17)(H,18,19). The zero-order valence-electron chi connectivity index (χ0n) is 11.7. The van der Waals surface area contributed by atoms with Crippen molar-refractivity contribution in [1.82, 2.24) is 15.2 Å². The first-order valence-electron chi connectivity index (χ1n) is 7.58. The maximum Gasteiger partial charge on any atom is 0.137 e. The molecule has 0 saturated heterocycles. The van der Waals surface area contributed by atoms with Crippen molar-refractivity contribution in [2.24, 2.45) is 0 Å². The van der Waals surface area contributed by atoms with Crippen molar-refractivity contribution in [3.63, 3.8) is 0 Å². The number of rotatable bonds is 5. The number of hydrogen-bond donors (Lipinski definition) is 3. The van der Waals surface area contributed by atoms with E-state index in [2.05, 4.69) is 20.5 Å². The minimum Gasteiger partial charge on any atom is -0.396 e. The van der Waals surface area contributed by atoms with Crippen molar-refractivity contribution in [3.8, 4) is 0 Å².